The van der Waals surface area contributed by atoms with Crippen LogP contribution in [-0.2, 0) is 32.5 Å². The first-order valence-electron chi connectivity index (χ1n) is 8.40. The third kappa shape index (κ3) is 6.19. The minimum absolute atomic E-state index is 0.108. The number of aryl methyl sites for hydroxylation is 1. The maximum absolute atomic E-state index is 12.1. The van der Waals surface area contributed by atoms with Gasteiger partial charge in [0.05, 0.1) is 4.90 Å². The Balaban J connectivity index is 1.91. The van der Waals surface area contributed by atoms with Crippen molar-refractivity contribution in [1.29, 1.82) is 0 Å². The molecule has 0 saturated carbocycles. The van der Waals surface area contributed by atoms with Crippen molar-refractivity contribution in [3.8, 4) is 0 Å². The van der Waals surface area contributed by atoms with Crippen molar-refractivity contribution in [2.24, 2.45) is 0 Å². The minimum Gasteiger partial charge on any atom is -0.480 e. The van der Waals surface area contributed by atoms with Crippen LogP contribution in [-0.4, -0.2) is 38.5 Å². The highest BCUT2D eigenvalue weighted by molar-refractivity contribution is 7.89. The van der Waals surface area contributed by atoms with Crippen LogP contribution in [0.1, 0.15) is 17.5 Å². The highest BCUT2D eigenvalue weighted by Crippen LogP contribution is 2.12. The van der Waals surface area contributed by atoms with Gasteiger partial charge in [-0.3, -0.25) is 4.79 Å². The van der Waals surface area contributed by atoms with E-state index in [0.29, 0.717) is 6.42 Å². The number of sulfonamides is 1. The Hall–Kier alpha value is -2.71. The molecule has 7 nitrogen and oxygen atoms in total. The Labute approximate surface area is 158 Å². The van der Waals surface area contributed by atoms with Crippen molar-refractivity contribution in [1.82, 2.24) is 10.0 Å². The highest BCUT2D eigenvalue weighted by atomic mass is 32.2. The maximum atomic E-state index is 12.1. The molecule has 1 atom stereocenters. The summed E-state index contributed by atoms with van der Waals surface area (Å²) < 4.78 is 25.6. The molecule has 1 unspecified atom stereocenters. The van der Waals surface area contributed by atoms with Gasteiger partial charge in [-0.1, -0.05) is 42.5 Å². The van der Waals surface area contributed by atoms with E-state index < -0.39 is 22.0 Å². The SMILES string of the molecule is CNS(=O)(=O)c1ccc(CCC(=O)NC(Cc2ccccc2)C(=O)O)cc1. The Morgan fingerprint density at radius 1 is 1.00 bits per heavy atom. The molecule has 3 N–H and O–H groups in total. The first-order valence-corrected chi connectivity index (χ1v) is 9.88. The number of hydrogen-bond donors (Lipinski definition) is 3. The fraction of sp³-hybridized carbons (Fsp3) is 0.263. The molecule has 2 rings (SSSR count). The molecule has 0 aliphatic heterocycles. The zero-order valence-corrected chi connectivity index (χ0v) is 15.7. The summed E-state index contributed by atoms with van der Waals surface area (Å²) >= 11 is 0. The zero-order valence-electron chi connectivity index (χ0n) is 14.9. The number of rotatable bonds is 9. The summed E-state index contributed by atoms with van der Waals surface area (Å²) in [5.74, 6) is -1.46. The van der Waals surface area contributed by atoms with E-state index in [0.717, 1.165) is 11.1 Å². The van der Waals surface area contributed by atoms with Crippen molar-refractivity contribution in [3.05, 3.63) is 65.7 Å². The molecule has 0 aliphatic rings. The van der Waals surface area contributed by atoms with E-state index in [1.165, 1.54) is 19.2 Å². The van der Waals surface area contributed by atoms with Crippen LogP contribution in [0.15, 0.2) is 59.5 Å². The van der Waals surface area contributed by atoms with Crippen molar-refractivity contribution < 1.29 is 23.1 Å². The largest absolute Gasteiger partial charge is 0.480 e. The van der Waals surface area contributed by atoms with Crippen LogP contribution in [0.25, 0.3) is 0 Å². The second kappa shape index (κ2) is 9.29. The molecule has 0 aliphatic carbocycles. The van der Waals surface area contributed by atoms with Gasteiger partial charge in [0, 0.05) is 12.8 Å². The molecular formula is C19H22N2O5S. The number of carboxylic acids is 1. The van der Waals surface area contributed by atoms with Crippen LogP contribution >= 0.6 is 0 Å². The van der Waals surface area contributed by atoms with Crippen LogP contribution in [0.2, 0.25) is 0 Å². The monoisotopic (exact) mass is 390 g/mol. The molecule has 2 aromatic rings. The van der Waals surface area contributed by atoms with Crippen molar-refractivity contribution in [2.45, 2.75) is 30.2 Å². The summed E-state index contributed by atoms with van der Waals surface area (Å²) in [6.07, 6.45) is 0.693. The van der Waals surface area contributed by atoms with Gasteiger partial charge in [0.1, 0.15) is 6.04 Å². The smallest absolute Gasteiger partial charge is 0.326 e. The molecule has 0 heterocycles. The van der Waals surface area contributed by atoms with Gasteiger partial charge in [-0.25, -0.2) is 17.9 Å². The first-order chi connectivity index (χ1) is 12.8. The van der Waals surface area contributed by atoms with Gasteiger partial charge in [0.25, 0.3) is 0 Å². The fourth-order valence-corrected chi connectivity index (χ4v) is 3.26. The van der Waals surface area contributed by atoms with Crippen molar-refractivity contribution >= 4 is 21.9 Å². The van der Waals surface area contributed by atoms with Crippen molar-refractivity contribution in [2.75, 3.05) is 7.05 Å². The van der Waals surface area contributed by atoms with Gasteiger partial charge in [-0.2, -0.15) is 0 Å². The molecule has 2 aromatic carbocycles. The molecule has 8 heteroatoms. The normalized spacial score (nSPS) is 12.3. The van der Waals surface area contributed by atoms with Crippen LogP contribution in [0.5, 0.6) is 0 Å². The summed E-state index contributed by atoms with van der Waals surface area (Å²) in [5.41, 5.74) is 1.61. The van der Waals surface area contributed by atoms with E-state index >= 15 is 0 Å². The zero-order chi connectivity index (χ0) is 19.9. The molecule has 0 fully saturated rings. The van der Waals surface area contributed by atoms with E-state index in [2.05, 4.69) is 10.0 Å². The molecule has 0 spiro atoms. The van der Waals surface area contributed by atoms with E-state index in [1.807, 2.05) is 30.3 Å². The molecule has 1 amide bonds. The molecule has 0 saturated heterocycles. The molecule has 0 radical (unpaired) electrons. The maximum Gasteiger partial charge on any atom is 0.326 e. The first kappa shape index (κ1) is 20.6. The number of amides is 1. The minimum atomic E-state index is -3.50. The van der Waals surface area contributed by atoms with Crippen LogP contribution < -0.4 is 10.0 Å². The lowest BCUT2D eigenvalue weighted by Crippen LogP contribution is -2.42. The topological polar surface area (TPSA) is 113 Å². The molecule has 0 aromatic heterocycles. The number of benzene rings is 2. The van der Waals surface area contributed by atoms with Crippen LogP contribution in [0.4, 0.5) is 0 Å². The Bertz CT molecular complexity index is 880. The quantitative estimate of drug-likeness (QED) is 0.598. The molecule has 27 heavy (non-hydrogen) atoms. The third-order valence-corrected chi connectivity index (χ3v) is 5.49. The Kier molecular flexibility index (Phi) is 7.09. The molecule has 144 valence electrons. The predicted molar refractivity (Wildman–Crippen MR) is 101 cm³/mol. The van der Waals surface area contributed by atoms with E-state index in [-0.39, 0.29) is 23.6 Å². The fourth-order valence-electron chi connectivity index (χ4n) is 2.53. The second-order valence-electron chi connectivity index (χ2n) is 6.00. The van der Waals surface area contributed by atoms with Gasteiger partial charge in [0.2, 0.25) is 15.9 Å². The molecule has 0 bridgehead atoms. The van der Waals surface area contributed by atoms with E-state index in [9.17, 15) is 23.1 Å². The third-order valence-electron chi connectivity index (χ3n) is 4.06. The summed E-state index contributed by atoms with van der Waals surface area (Å²) in [4.78, 5) is 23.7. The van der Waals surface area contributed by atoms with Crippen LogP contribution in [0.3, 0.4) is 0 Å². The number of aliphatic carboxylic acids is 1. The standard InChI is InChI=1S/C19H22N2O5S/c1-20-27(25,26)16-10-7-14(8-11-16)9-12-18(22)21-17(19(23)24)13-15-5-3-2-4-6-15/h2-8,10-11,17,20H,9,12-13H2,1H3,(H,21,22)(H,23,24). The number of carboxylic acid groups (broad SMARTS) is 1. The summed E-state index contributed by atoms with van der Waals surface area (Å²) in [7, 11) is -2.16. The number of hydrogen-bond acceptors (Lipinski definition) is 4. The lowest BCUT2D eigenvalue weighted by Gasteiger charge is -2.14. The van der Waals surface area contributed by atoms with E-state index in [1.54, 1.807) is 12.1 Å². The molecular weight excluding hydrogens is 368 g/mol. The average molecular weight is 390 g/mol. The van der Waals surface area contributed by atoms with Gasteiger partial charge in [-0.05, 0) is 36.7 Å². The van der Waals surface area contributed by atoms with Gasteiger partial charge < -0.3 is 10.4 Å². The second-order valence-corrected chi connectivity index (χ2v) is 7.89. The predicted octanol–water partition coefficient (Wildman–Crippen LogP) is 1.34. The van der Waals surface area contributed by atoms with Gasteiger partial charge in [-0.15, -0.1) is 0 Å². The summed E-state index contributed by atoms with van der Waals surface area (Å²) in [6.45, 7) is 0. The number of nitrogens with one attached hydrogen (secondary N) is 2. The van der Waals surface area contributed by atoms with Crippen molar-refractivity contribution in [3.63, 3.8) is 0 Å². The van der Waals surface area contributed by atoms with Crippen LogP contribution in [0, 0.1) is 0 Å². The lowest BCUT2D eigenvalue weighted by molar-refractivity contribution is -0.141. The van der Waals surface area contributed by atoms with Gasteiger partial charge >= 0.3 is 5.97 Å². The Morgan fingerprint density at radius 2 is 1.63 bits per heavy atom. The average Bonchev–Trinajstić information content (AvgIpc) is 2.67. The highest BCUT2D eigenvalue weighted by Gasteiger charge is 2.20. The summed E-state index contributed by atoms with van der Waals surface area (Å²) in [6, 6.07) is 14.3. The Morgan fingerprint density at radius 3 is 2.19 bits per heavy atom. The number of carbonyl (C=O) groups excluding carboxylic acids is 1. The van der Waals surface area contributed by atoms with E-state index in [4.69, 9.17) is 0 Å². The summed E-state index contributed by atoms with van der Waals surface area (Å²) in [5, 5.41) is 11.9. The number of carbonyl (C=O) groups is 2. The van der Waals surface area contributed by atoms with Gasteiger partial charge in [0.15, 0.2) is 0 Å². The lowest BCUT2D eigenvalue weighted by atomic mass is 10.1.